The van der Waals surface area contributed by atoms with Crippen LogP contribution in [0, 0.1) is 0 Å². The molecule has 0 aromatic carbocycles. The summed E-state index contributed by atoms with van der Waals surface area (Å²) in [5.74, 6) is -2.36. The Bertz CT molecular complexity index is 115. The van der Waals surface area contributed by atoms with Gasteiger partial charge in [0, 0.05) is 0 Å². The van der Waals surface area contributed by atoms with Crippen LogP contribution in [0.1, 0.15) is 0 Å². The molecule has 54 valence electrons. The molecule has 4 nitrogen and oxygen atoms in total. The van der Waals surface area contributed by atoms with Crippen molar-refractivity contribution in [3.63, 3.8) is 0 Å². The lowest BCUT2D eigenvalue weighted by atomic mass is 10.7. The number of aliphatic carboxylic acids is 1. The van der Waals surface area contributed by atoms with E-state index in [9.17, 15) is 13.6 Å². The predicted molar refractivity (Wildman–Crippen MR) is 23.9 cm³/mol. The summed E-state index contributed by atoms with van der Waals surface area (Å²) in [7, 11) is 0. The van der Waals surface area contributed by atoms with Gasteiger partial charge in [-0.2, -0.15) is 13.1 Å². The first-order valence-corrected chi connectivity index (χ1v) is 2.35. The molecule has 0 heterocycles. The average Bonchev–Trinajstić information content (AvgIpc) is 1.65. The molecule has 2 N–H and O–H groups in total. The van der Waals surface area contributed by atoms with Crippen LogP contribution in [-0.2, 0) is 9.13 Å². The third-order valence-corrected chi connectivity index (χ3v) is 0.849. The van der Waals surface area contributed by atoms with Gasteiger partial charge in [-0.15, -0.1) is 0 Å². The molecule has 0 saturated heterocycles. The number of carboxylic acid groups (broad SMARTS) is 1. The quantitative estimate of drug-likeness (QED) is 0.363. The van der Waals surface area contributed by atoms with Gasteiger partial charge in [0.2, 0.25) is 0 Å². The minimum atomic E-state index is -4.09. The van der Waals surface area contributed by atoms with Gasteiger partial charge in [0.15, 0.2) is 0 Å². The highest BCUT2D eigenvalue weighted by Gasteiger charge is 2.41. The molecule has 0 bridgehead atoms. The van der Waals surface area contributed by atoms with Crippen LogP contribution >= 0.6 is 12.0 Å². The maximum Gasteiger partial charge on any atom is 0.415 e. The second-order valence-corrected chi connectivity index (χ2v) is 1.81. The molecule has 9 heavy (non-hydrogen) atoms. The number of rotatable bonds is 3. The summed E-state index contributed by atoms with van der Waals surface area (Å²) in [4.78, 5) is 9.45. The number of alkyl halides is 2. The normalized spacial score (nSPS) is 11.4. The Morgan fingerprint density at radius 3 is 2.22 bits per heavy atom. The highest BCUT2D eigenvalue weighted by atomic mass is 32.2. The molecule has 0 aliphatic carbocycles. The Morgan fingerprint density at radius 2 is 2.11 bits per heavy atom. The predicted octanol–water partition coefficient (Wildman–Crippen LogP) is 0.802. The molecule has 0 aromatic rings. The zero-order valence-electron chi connectivity index (χ0n) is 3.88. The molecule has 0 spiro atoms. The Hall–Kier alpha value is -0.400. The monoisotopic (exact) mass is 160 g/mol. The molecule has 0 aliphatic rings. The number of hydrogen-bond donors (Lipinski definition) is 2. The zero-order valence-corrected chi connectivity index (χ0v) is 4.69. The van der Waals surface area contributed by atoms with Crippen LogP contribution in [0.3, 0.4) is 0 Å². The van der Waals surface area contributed by atoms with Crippen LogP contribution < -0.4 is 0 Å². The lowest BCUT2D eigenvalue weighted by Gasteiger charge is -2.04. The van der Waals surface area contributed by atoms with E-state index in [0.29, 0.717) is 0 Å². The van der Waals surface area contributed by atoms with E-state index in [1.807, 2.05) is 0 Å². The summed E-state index contributed by atoms with van der Waals surface area (Å²) in [5, 5.41) is 10.9. The van der Waals surface area contributed by atoms with Crippen LogP contribution in [-0.4, -0.2) is 21.6 Å². The van der Waals surface area contributed by atoms with Gasteiger partial charge in [-0.1, -0.05) is 0 Å². The van der Waals surface area contributed by atoms with E-state index in [0.717, 1.165) is 0 Å². The van der Waals surface area contributed by atoms with E-state index in [4.69, 9.17) is 10.4 Å². The molecule has 0 amide bonds. The van der Waals surface area contributed by atoms with Crippen molar-refractivity contribution < 1.29 is 28.3 Å². The van der Waals surface area contributed by atoms with Crippen molar-refractivity contribution in [2.45, 2.75) is 5.25 Å². The van der Waals surface area contributed by atoms with Gasteiger partial charge >= 0.3 is 11.2 Å². The first-order chi connectivity index (χ1) is 4.00. The van der Waals surface area contributed by atoms with Crippen molar-refractivity contribution in [3.8, 4) is 0 Å². The Morgan fingerprint density at radius 1 is 1.67 bits per heavy atom. The Balaban J connectivity index is 3.85. The molecule has 0 aliphatic heterocycles. The van der Waals surface area contributed by atoms with E-state index < -0.39 is 23.3 Å². The second-order valence-electron chi connectivity index (χ2n) is 0.980. The molecule has 0 unspecified atom stereocenters. The molecule has 0 atom stereocenters. The molecular formula is C2H2F2O4S. The lowest BCUT2D eigenvalue weighted by molar-refractivity contribution is -0.158. The van der Waals surface area contributed by atoms with Crippen molar-refractivity contribution in [3.05, 3.63) is 0 Å². The van der Waals surface area contributed by atoms with E-state index >= 15 is 0 Å². The van der Waals surface area contributed by atoms with Gasteiger partial charge in [-0.25, -0.2) is 10.1 Å². The van der Waals surface area contributed by atoms with Gasteiger partial charge in [0.25, 0.3) is 0 Å². The number of hydrogen-bond acceptors (Lipinski definition) is 4. The van der Waals surface area contributed by atoms with E-state index in [2.05, 4.69) is 4.33 Å². The number of halogens is 2. The first kappa shape index (κ1) is 8.60. The molecular weight excluding hydrogens is 158 g/mol. The Kier molecular flexibility index (Phi) is 2.82. The van der Waals surface area contributed by atoms with Crippen LogP contribution in [0.2, 0.25) is 0 Å². The number of carbonyl (C=O) groups is 1. The smallest absolute Gasteiger partial charge is 0.415 e. The summed E-state index contributed by atoms with van der Waals surface area (Å²) in [6.45, 7) is 0. The van der Waals surface area contributed by atoms with Gasteiger partial charge in [-0.3, -0.25) is 0 Å². The fourth-order valence-electron chi connectivity index (χ4n) is 0.0824. The fraction of sp³-hybridized carbons (Fsp3) is 0.500. The Labute approximate surface area is 52.6 Å². The lowest BCUT2D eigenvalue weighted by Crippen LogP contribution is -2.23. The largest absolute Gasteiger partial charge is 0.476 e. The van der Waals surface area contributed by atoms with Gasteiger partial charge in [0.05, 0.1) is 0 Å². The van der Waals surface area contributed by atoms with E-state index in [1.54, 1.807) is 0 Å². The summed E-state index contributed by atoms with van der Waals surface area (Å²) in [6, 6.07) is 0. The van der Waals surface area contributed by atoms with Crippen LogP contribution in [0.5, 0.6) is 0 Å². The molecule has 0 radical (unpaired) electrons. The van der Waals surface area contributed by atoms with Crippen molar-refractivity contribution in [1.82, 2.24) is 0 Å². The van der Waals surface area contributed by atoms with Crippen LogP contribution in [0.25, 0.3) is 0 Å². The standard InChI is InChI=1S/C2H2F2O4S/c3-2(4,1(5)6)9-8-7/h7H,(H,5,6). The topological polar surface area (TPSA) is 66.8 Å². The zero-order chi connectivity index (χ0) is 7.49. The van der Waals surface area contributed by atoms with Crippen molar-refractivity contribution in [2.24, 2.45) is 0 Å². The van der Waals surface area contributed by atoms with E-state index in [1.165, 1.54) is 0 Å². The van der Waals surface area contributed by atoms with Crippen molar-refractivity contribution >= 4 is 18.0 Å². The molecule has 7 heteroatoms. The van der Waals surface area contributed by atoms with Gasteiger partial charge in [-0.05, 0) is 0 Å². The van der Waals surface area contributed by atoms with E-state index in [-0.39, 0.29) is 0 Å². The maximum atomic E-state index is 11.6. The van der Waals surface area contributed by atoms with Crippen molar-refractivity contribution in [1.29, 1.82) is 0 Å². The summed E-state index contributed by atoms with van der Waals surface area (Å²) >= 11 is -0.836. The summed E-state index contributed by atoms with van der Waals surface area (Å²) in [6.07, 6.45) is 0. The number of carboxylic acids is 1. The van der Waals surface area contributed by atoms with Gasteiger partial charge < -0.3 is 5.11 Å². The molecule has 0 fully saturated rings. The summed E-state index contributed by atoms with van der Waals surface area (Å²) < 4.78 is 26.1. The third-order valence-electron chi connectivity index (χ3n) is 0.391. The SMILES string of the molecule is O=C(O)C(F)(F)SOO. The molecule has 0 aromatic heterocycles. The third kappa shape index (κ3) is 2.59. The molecule has 0 saturated carbocycles. The highest BCUT2D eigenvalue weighted by Crippen LogP contribution is 2.28. The molecule has 0 rings (SSSR count). The summed E-state index contributed by atoms with van der Waals surface area (Å²) in [5.41, 5.74) is 0. The fourth-order valence-corrected chi connectivity index (χ4v) is 0.247. The van der Waals surface area contributed by atoms with Crippen molar-refractivity contribution in [2.75, 3.05) is 0 Å². The average molecular weight is 160 g/mol. The van der Waals surface area contributed by atoms with Gasteiger partial charge in [0.1, 0.15) is 12.0 Å². The second kappa shape index (κ2) is 2.95. The minimum Gasteiger partial charge on any atom is -0.476 e. The van der Waals surface area contributed by atoms with Crippen LogP contribution in [0.15, 0.2) is 0 Å². The highest BCUT2D eigenvalue weighted by molar-refractivity contribution is 7.96. The maximum absolute atomic E-state index is 11.6. The van der Waals surface area contributed by atoms with Crippen LogP contribution in [0.4, 0.5) is 8.78 Å². The minimum absolute atomic E-state index is 0.836. The first-order valence-electron chi connectivity index (χ1n) is 1.61.